The molecule has 4 heteroatoms. The molecule has 4 aliphatic heterocycles. The molecular weight excluding hydrogens is 368 g/mol. The predicted octanol–water partition coefficient (Wildman–Crippen LogP) is 7.24. The number of rotatable bonds is 0. The van der Waals surface area contributed by atoms with Crippen molar-refractivity contribution in [3.63, 3.8) is 0 Å². The molecule has 0 atom stereocenters. The van der Waals surface area contributed by atoms with E-state index in [9.17, 15) is 0 Å². The van der Waals surface area contributed by atoms with Gasteiger partial charge >= 0.3 is 0 Å². The Labute approximate surface area is 180 Å². The highest BCUT2D eigenvalue weighted by Gasteiger charge is 2.19. The minimum Gasteiger partial charge on any atom is -0.257 e. The van der Waals surface area contributed by atoms with E-state index in [0.29, 0.717) is 0 Å². The Morgan fingerprint density at radius 3 is 1.03 bits per heavy atom. The monoisotopic (exact) mass is 400 g/mol. The minimum absolute atomic E-state index is 0. The van der Waals surface area contributed by atoms with Crippen LogP contribution in [0, 0.1) is 0 Å². The fourth-order valence-corrected chi connectivity index (χ4v) is 4.40. The highest BCUT2D eigenvalue weighted by molar-refractivity contribution is 5.97. The zero-order valence-electron chi connectivity index (χ0n) is 16.9. The Morgan fingerprint density at radius 1 is 0.433 bits per heavy atom. The summed E-state index contributed by atoms with van der Waals surface area (Å²) in [5, 5.41) is 0. The van der Waals surface area contributed by atoms with Crippen LogP contribution in [-0.2, 0) is 25.7 Å². The number of hydrogen-bond donors (Lipinski definition) is 0. The van der Waals surface area contributed by atoms with Gasteiger partial charge in [-0.05, 0) is 68.1 Å². The van der Waals surface area contributed by atoms with Crippen molar-refractivity contribution in [2.45, 2.75) is 68.2 Å². The van der Waals surface area contributed by atoms with E-state index in [1.165, 1.54) is 45.1 Å². The lowest BCUT2D eigenvalue weighted by Crippen LogP contribution is -1.92. The summed E-state index contributed by atoms with van der Waals surface area (Å²) in [5.74, 6) is 0. The van der Waals surface area contributed by atoms with Gasteiger partial charge in [0.1, 0.15) is 0 Å². The third-order valence-electron chi connectivity index (χ3n) is 5.59. The van der Waals surface area contributed by atoms with E-state index < -0.39 is 0 Å². The Kier molecular flexibility index (Phi) is 5.89. The fourth-order valence-electron chi connectivity index (χ4n) is 4.40. The summed E-state index contributed by atoms with van der Waals surface area (Å²) in [6.07, 6.45) is 4.03. The van der Waals surface area contributed by atoms with Gasteiger partial charge in [-0.3, -0.25) is 20.0 Å². The fraction of sp³-hybridized carbons (Fsp3) is 0.385. The lowest BCUT2D eigenvalue weighted by atomic mass is 10.0. The standard InChI is InChI=1S/2C12H12N2.2CH4/c1-7-3-9-5-12-10(4-8(2)14-12)6-11(9)13-7;1-7-3-9-5-10-4-8(2)14-12(10)6-11(9)13-7;;/h2*5-6H,3-4H2,1-2H3;2*1H4. The second-order valence-electron chi connectivity index (χ2n) is 8.31. The van der Waals surface area contributed by atoms with Crippen molar-refractivity contribution in [2.24, 2.45) is 20.0 Å². The van der Waals surface area contributed by atoms with Gasteiger partial charge in [-0.15, -0.1) is 0 Å². The van der Waals surface area contributed by atoms with Gasteiger partial charge in [-0.25, -0.2) is 0 Å². The van der Waals surface area contributed by atoms with Crippen LogP contribution < -0.4 is 0 Å². The van der Waals surface area contributed by atoms with Crippen LogP contribution in [0.1, 0.15) is 64.8 Å². The molecule has 2 aromatic carbocycles. The molecule has 156 valence electrons. The molecule has 0 spiro atoms. The topological polar surface area (TPSA) is 49.4 Å². The third kappa shape index (κ3) is 3.91. The SMILES string of the molecule is C.C.CC1=Nc2cc3c(cc2C1)CC(C)=N3.CC1=Nc2cc3c(cc2C1)N=C(C)C3. The molecule has 0 saturated heterocycles. The van der Waals surface area contributed by atoms with Crippen LogP contribution >= 0.6 is 0 Å². The quantitative estimate of drug-likeness (QED) is 0.447. The van der Waals surface area contributed by atoms with E-state index in [1.807, 2.05) is 0 Å². The first-order valence-corrected chi connectivity index (χ1v) is 9.93. The Morgan fingerprint density at radius 2 is 0.700 bits per heavy atom. The van der Waals surface area contributed by atoms with E-state index in [2.05, 4.69) is 71.9 Å². The van der Waals surface area contributed by atoms with Gasteiger partial charge in [0.05, 0.1) is 22.7 Å². The molecule has 0 radical (unpaired) electrons. The molecule has 0 fully saturated rings. The minimum atomic E-state index is 0. The molecule has 0 N–H and O–H groups in total. The lowest BCUT2D eigenvalue weighted by Gasteiger charge is -2.01. The Balaban J connectivity index is 0.000000160. The maximum absolute atomic E-state index is 4.52. The Hall–Kier alpha value is -2.88. The zero-order valence-corrected chi connectivity index (χ0v) is 16.9. The average molecular weight is 401 g/mol. The van der Waals surface area contributed by atoms with Gasteiger partial charge in [0.15, 0.2) is 0 Å². The Bertz CT molecular complexity index is 1060. The molecule has 2 aromatic rings. The van der Waals surface area contributed by atoms with Crippen LogP contribution in [0.4, 0.5) is 22.7 Å². The van der Waals surface area contributed by atoms with Crippen LogP contribution in [0.5, 0.6) is 0 Å². The van der Waals surface area contributed by atoms with Crippen LogP contribution in [0.3, 0.4) is 0 Å². The van der Waals surface area contributed by atoms with Gasteiger partial charge in [-0.2, -0.15) is 0 Å². The summed E-state index contributed by atoms with van der Waals surface area (Å²) in [5.41, 5.74) is 14.8. The van der Waals surface area contributed by atoms with Crippen LogP contribution in [0.15, 0.2) is 44.2 Å². The van der Waals surface area contributed by atoms with E-state index in [1.54, 1.807) is 0 Å². The van der Waals surface area contributed by atoms with Crippen molar-refractivity contribution in [2.75, 3.05) is 0 Å². The van der Waals surface area contributed by atoms with Crippen LogP contribution in [0.25, 0.3) is 0 Å². The largest absolute Gasteiger partial charge is 0.257 e. The molecular formula is C26H32N4. The van der Waals surface area contributed by atoms with Crippen molar-refractivity contribution in [3.05, 3.63) is 46.5 Å². The van der Waals surface area contributed by atoms with Crippen molar-refractivity contribution >= 4 is 45.6 Å². The van der Waals surface area contributed by atoms with Crippen molar-refractivity contribution in [1.82, 2.24) is 0 Å². The van der Waals surface area contributed by atoms with Gasteiger partial charge < -0.3 is 0 Å². The molecule has 0 unspecified atom stereocenters. The second kappa shape index (κ2) is 8.10. The normalized spacial score (nSPS) is 16.4. The molecule has 0 aromatic heterocycles. The van der Waals surface area contributed by atoms with Crippen molar-refractivity contribution < 1.29 is 0 Å². The molecule has 4 nitrogen and oxygen atoms in total. The number of hydrogen-bond acceptors (Lipinski definition) is 4. The van der Waals surface area contributed by atoms with E-state index >= 15 is 0 Å². The molecule has 0 amide bonds. The summed E-state index contributed by atoms with van der Waals surface area (Å²) in [7, 11) is 0. The first kappa shape index (κ1) is 21.8. The zero-order chi connectivity index (χ0) is 19.4. The molecule has 0 bridgehead atoms. The molecule has 4 aliphatic rings. The predicted molar refractivity (Wildman–Crippen MR) is 132 cm³/mol. The third-order valence-corrected chi connectivity index (χ3v) is 5.59. The molecule has 30 heavy (non-hydrogen) atoms. The molecule has 0 saturated carbocycles. The highest BCUT2D eigenvalue weighted by Crippen LogP contribution is 2.37. The highest BCUT2D eigenvalue weighted by atomic mass is 14.8. The van der Waals surface area contributed by atoms with Gasteiger partial charge in [0.2, 0.25) is 0 Å². The first-order chi connectivity index (χ1) is 13.4. The number of fused-ring (bicyclic) bond motifs is 4. The van der Waals surface area contributed by atoms with Gasteiger partial charge in [0.25, 0.3) is 0 Å². The van der Waals surface area contributed by atoms with E-state index in [4.69, 9.17) is 0 Å². The average Bonchev–Trinajstić information content (AvgIpc) is 3.33. The summed E-state index contributed by atoms with van der Waals surface area (Å²) in [6.45, 7) is 8.33. The number of benzene rings is 2. The van der Waals surface area contributed by atoms with Crippen molar-refractivity contribution in [3.8, 4) is 0 Å². The molecule has 4 heterocycles. The van der Waals surface area contributed by atoms with E-state index in [-0.39, 0.29) is 14.9 Å². The smallest absolute Gasteiger partial charge is 0.0686 e. The maximum Gasteiger partial charge on any atom is 0.0686 e. The second-order valence-corrected chi connectivity index (χ2v) is 8.31. The van der Waals surface area contributed by atoms with Crippen LogP contribution in [-0.4, -0.2) is 22.8 Å². The number of nitrogens with zero attached hydrogens (tertiary/aromatic N) is 4. The van der Waals surface area contributed by atoms with Gasteiger partial charge in [0, 0.05) is 48.5 Å². The summed E-state index contributed by atoms with van der Waals surface area (Å²) < 4.78 is 0. The lowest BCUT2D eigenvalue weighted by molar-refractivity contribution is 1.31. The van der Waals surface area contributed by atoms with Crippen molar-refractivity contribution in [1.29, 1.82) is 0 Å². The number of aliphatic imine (C=N–C) groups is 4. The van der Waals surface area contributed by atoms with Gasteiger partial charge in [-0.1, -0.05) is 20.9 Å². The summed E-state index contributed by atoms with van der Waals surface area (Å²) in [4.78, 5) is 18.0. The summed E-state index contributed by atoms with van der Waals surface area (Å²) >= 11 is 0. The summed E-state index contributed by atoms with van der Waals surface area (Å²) in [6, 6.07) is 8.78. The molecule has 6 rings (SSSR count). The van der Waals surface area contributed by atoms with Crippen LogP contribution in [0.2, 0.25) is 0 Å². The first-order valence-electron chi connectivity index (χ1n) is 9.93. The molecule has 0 aliphatic carbocycles. The van der Waals surface area contributed by atoms with E-state index in [0.717, 1.165) is 48.4 Å². The maximum atomic E-state index is 4.52.